The van der Waals surface area contributed by atoms with E-state index >= 15 is 0 Å². The number of carbonyl (C=O) groups is 1. The van der Waals surface area contributed by atoms with Gasteiger partial charge in [-0.05, 0) is 44.0 Å². The van der Waals surface area contributed by atoms with Crippen molar-refractivity contribution in [3.05, 3.63) is 82.4 Å². The van der Waals surface area contributed by atoms with Gasteiger partial charge in [0.2, 0.25) is 0 Å². The first kappa shape index (κ1) is 14.4. The lowest BCUT2D eigenvalue weighted by Crippen LogP contribution is -2.06. The number of ketones is 1. The number of aromatic amines is 2. The van der Waals surface area contributed by atoms with E-state index in [1.54, 1.807) is 6.92 Å². The second-order valence-electron chi connectivity index (χ2n) is 5.69. The van der Waals surface area contributed by atoms with E-state index in [0.29, 0.717) is 0 Å². The van der Waals surface area contributed by atoms with Gasteiger partial charge in [0.05, 0.1) is 5.92 Å². The van der Waals surface area contributed by atoms with E-state index in [9.17, 15) is 4.79 Å². The summed E-state index contributed by atoms with van der Waals surface area (Å²) in [6.45, 7) is 5.61. The van der Waals surface area contributed by atoms with Crippen LogP contribution < -0.4 is 0 Å². The minimum Gasteiger partial charge on any atom is -0.364 e. The molecular formula is C19H20N2O. The van der Waals surface area contributed by atoms with Gasteiger partial charge in [0.15, 0.2) is 5.78 Å². The fourth-order valence-corrected chi connectivity index (χ4v) is 3.26. The van der Waals surface area contributed by atoms with Crippen LogP contribution in [0.25, 0.3) is 0 Å². The average molecular weight is 292 g/mol. The van der Waals surface area contributed by atoms with Crippen molar-refractivity contribution >= 4 is 5.78 Å². The molecule has 2 heterocycles. The Hall–Kier alpha value is -2.55. The van der Waals surface area contributed by atoms with E-state index in [0.717, 1.165) is 28.2 Å². The van der Waals surface area contributed by atoms with Crippen LogP contribution in [0, 0.1) is 13.8 Å². The maximum Gasteiger partial charge on any atom is 0.161 e. The summed E-state index contributed by atoms with van der Waals surface area (Å²) in [7, 11) is 0. The van der Waals surface area contributed by atoms with E-state index in [-0.39, 0.29) is 11.7 Å². The molecule has 0 aliphatic carbocycles. The Morgan fingerprint density at radius 3 is 2.32 bits per heavy atom. The van der Waals surface area contributed by atoms with Crippen molar-refractivity contribution in [2.24, 2.45) is 0 Å². The van der Waals surface area contributed by atoms with E-state index < -0.39 is 0 Å². The van der Waals surface area contributed by atoms with Gasteiger partial charge < -0.3 is 9.97 Å². The Labute approximate surface area is 130 Å². The third-order valence-electron chi connectivity index (χ3n) is 4.18. The van der Waals surface area contributed by atoms with Gasteiger partial charge in [-0.15, -0.1) is 0 Å². The van der Waals surface area contributed by atoms with Crippen LogP contribution in [0.15, 0.2) is 48.7 Å². The van der Waals surface area contributed by atoms with Gasteiger partial charge in [-0.25, -0.2) is 0 Å². The highest BCUT2D eigenvalue weighted by molar-refractivity contribution is 5.97. The summed E-state index contributed by atoms with van der Waals surface area (Å²) >= 11 is 0. The Bertz CT molecular complexity index is 782. The molecule has 0 fully saturated rings. The summed E-state index contributed by atoms with van der Waals surface area (Å²) in [6.07, 6.45) is 1.93. The molecule has 3 heteroatoms. The molecule has 112 valence electrons. The monoisotopic (exact) mass is 292 g/mol. The van der Waals surface area contributed by atoms with Crippen LogP contribution in [0.4, 0.5) is 0 Å². The molecule has 0 saturated heterocycles. The summed E-state index contributed by atoms with van der Waals surface area (Å²) in [5, 5.41) is 0. The quantitative estimate of drug-likeness (QED) is 0.690. The molecule has 3 rings (SSSR count). The first-order valence-corrected chi connectivity index (χ1v) is 7.47. The van der Waals surface area contributed by atoms with Crippen LogP contribution in [-0.2, 0) is 0 Å². The molecule has 1 aromatic carbocycles. The number of benzene rings is 1. The molecule has 1 atom stereocenters. The topological polar surface area (TPSA) is 48.6 Å². The van der Waals surface area contributed by atoms with E-state index in [1.165, 1.54) is 5.56 Å². The summed E-state index contributed by atoms with van der Waals surface area (Å²) < 4.78 is 0. The highest BCUT2D eigenvalue weighted by atomic mass is 16.1. The van der Waals surface area contributed by atoms with Gasteiger partial charge in [-0.1, -0.05) is 30.3 Å². The number of aryl methyl sites for hydroxylation is 1. The summed E-state index contributed by atoms with van der Waals surface area (Å²) in [5.41, 5.74) is 6.18. The van der Waals surface area contributed by atoms with Crippen molar-refractivity contribution < 1.29 is 4.79 Å². The molecule has 3 nitrogen and oxygen atoms in total. The minimum atomic E-state index is 0.0722. The molecule has 0 aliphatic rings. The zero-order valence-electron chi connectivity index (χ0n) is 13.1. The second kappa shape index (κ2) is 5.68. The number of aromatic nitrogens is 2. The van der Waals surface area contributed by atoms with Crippen LogP contribution in [-0.4, -0.2) is 15.8 Å². The maximum atomic E-state index is 11.9. The molecule has 22 heavy (non-hydrogen) atoms. The van der Waals surface area contributed by atoms with Crippen LogP contribution >= 0.6 is 0 Å². The molecule has 0 spiro atoms. The van der Waals surface area contributed by atoms with Crippen molar-refractivity contribution in [1.82, 2.24) is 9.97 Å². The molecular weight excluding hydrogens is 272 g/mol. The van der Waals surface area contributed by atoms with Gasteiger partial charge in [-0.3, -0.25) is 4.79 Å². The number of Topliss-reactive ketones (excluding diaryl/α,β-unsaturated/α-hetero) is 1. The minimum absolute atomic E-state index is 0.0722. The average Bonchev–Trinajstić information content (AvgIpc) is 3.10. The summed E-state index contributed by atoms with van der Waals surface area (Å²) in [5.74, 6) is 0.179. The first-order valence-electron chi connectivity index (χ1n) is 7.47. The Morgan fingerprint density at radius 2 is 1.77 bits per heavy atom. The lowest BCUT2D eigenvalue weighted by molar-refractivity contribution is 0.101. The van der Waals surface area contributed by atoms with Crippen LogP contribution in [0.2, 0.25) is 0 Å². The standard InChI is InChI=1S/C19H20N2O/c1-12-17(14(3)22)13(2)21-19(12)18(16-10-7-11-20-16)15-8-5-4-6-9-15/h4-11,18,20-21H,1-3H3. The van der Waals surface area contributed by atoms with E-state index in [1.807, 2.05) is 44.3 Å². The second-order valence-corrected chi connectivity index (χ2v) is 5.69. The molecule has 2 aromatic heterocycles. The lowest BCUT2D eigenvalue weighted by atomic mass is 9.89. The summed E-state index contributed by atoms with van der Waals surface area (Å²) in [6, 6.07) is 14.4. The van der Waals surface area contributed by atoms with Gasteiger partial charge in [-0.2, -0.15) is 0 Å². The SMILES string of the molecule is CC(=O)c1c(C)[nH]c(C(c2ccccc2)c2ccc[nH]2)c1C. The third kappa shape index (κ3) is 2.39. The molecule has 0 aliphatic heterocycles. The largest absolute Gasteiger partial charge is 0.364 e. The number of carbonyl (C=O) groups excluding carboxylic acids is 1. The normalized spacial score (nSPS) is 12.3. The van der Waals surface area contributed by atoms with Gasteiger partial charge in [0, 0.05) is 28.8 Å². The van der Waals surface area contributed by atoms with Crippen LogP contribution in [0.3, 0.4) is 0 Å². The van der Waals surface area contributed by atoms with Crippen LogP contribution in [0.1, 0.15) is 51.4 Å². The highest BCUT2D eigenvalue weighted by Crippen LogP contribution is 2.34. The fourth-order valence-electron chi connectivity index (χ4n) is 3.26. The number of nitrogens with one attached hydrogen (secondary N) is 2. The van der Waals surface area contributed by atoms with Crippen molar-refractivity contribution in [2.75, 3.05) is 0 Å². The highest BCUT2D eigenvalue weighted by Gasteiger charge is 2.24. The Balaban J connectivity index is 2.20. The number of rotatable bonds is 4. The van der Waals surface area contributed by atoms with Gasteiger partial charge >= 0.3 is 0 Å². The molecule has 1 unspecified atom stereocenters. The molecule has 0 radical (unpaired) electrons. The fraction of sp³-hybridized carbons (Fsp3) is 0.211. The maximum absolute atomic E-state index is 11.9. The smallest absolute Gasteiger partial charge is 0.161 e. The molecule has 0 amide bonds. The van der Waals surface area contributed by atoms with E-state index in [4.69, 9.17) is 0 Å². The Morgan fingerprint density at radius 1 is 1.05 bits per heavy atom. The van der Waals surface area contributed by atoms with Gasteiger partial charge in [0.25, 0.3) is 0 Å². The number of H-pyrrole nitrogens is 2. The van der Waals surface area contributed by atoms with Crippen molar-refractivity contribution in [3.8, 4) is 0 Å². The van der Waals surface area contributed by atoms with Crippen molar-refractivity contribution in [3.63, 3.8) is 0 Å². The van der Waals surface area contributed by atoms with E-state index in [2.05, 4.69) is 28.2 Å². The lowest BCUT2D eigenvalue weighted by Gasteiger charge is -2.17. The predicted molar refractivity (Wildman–Crippen MR) is 88.5 cm³/mol. The summed E-state index contributed by atoms with van der Waals surface area (Å²) in [4.78, 5) is 18.7. The number of hydrogen-bond acceptors (Lipinski definition) is 1. The first-order chi connectivity index (χ1) is 10.6. The molecule has 3 aromatic rings. The van der Waals surface area contributed by atoms with Gasteiger partial charge in [0.1, 0.15) is 0 Å². The molecule has 2 N–H and O–H groups in total. The number of hydrogen-bond donors (Lipinski definition) is 2. The zero-order chi connectivity index (χ0) is 15.7. The molecule has 0 saturated carbocycles. The zero-order valence-corrected chi connectivity index (χ0v) is 13.1. The van der Waals surface area contributed by atoms with Crippen LogP contribution in [0.5, 0.6) is 0 Å². The third-order valence-corrected chi connectivity index (χ3v) is 4.18. The van der Waals surface area contributed by atoms with Crippen molar-refractivity contribution in [2.45, 2.75) is 26.7 Å². The Kier molecular flexibility index (Phi) is 3.72. The predicted octanol–water partition coefficient (Wildman–Crippen LogP) is 4.34. The van der Waals surface area contributed by atoms with Crippen molar-refractivity contribution in [1.29, 1.82) is 0 Å². The molecule has 0 bridgehead atoms.